The summed E-state index contributed by atoms with van der Waals surface area (Å²) in [5.41, 5.74) is 5.49. The van der Waals surface area contributed by atoms with Gasteiger partial charge in [-0.05, 0) is 52.2 Å². The number of nitrogens with zero attached hydrogens (tertiary/aromatic N) is 2. The lowest BCUT2D eigenvalue weighted by atomic mass is 10.0. The third-order valence-electron chi connectivity index (χ3n) is 6.71. The highest BCUT2D eigenvalue weighted by Crippen LogP contribution is 2.26. The molecule has 2 heterocycles. The maximum absolute atomic E-state index is 13.3. The van der Waals surface area contributed by atoms with E-state index in [0.29, 0.717) is 6.54 Å². The number of halogens is 1. The molecule has 0 radical (unpaired) electrons. The molecule has 4 aromatic carbocycles. The van der Waals surface area contributed by atoms with Crippen molar-refractivity contribution in [1.82, 2.24) is 4.57 Å². The van der Waals surface area contributed by atoms with Gasteiger partial charge in [-0.25, -0.2) is 9.13 Å². The molecule has 0 bridgehead atoms. The van der Waals surface area contributed by atoms with E-state index >= 15 is 0 Å². The van der Waals surface area contributed by atoms with E-state index < -0.39 is 0 Å². The summed E-state index contributed by atoms with van der Waals surface area (Å²) >= 11 is 0. The van der Waals surface area contributed by atoms with Crippen molar-refractivity contribution < 1.29 is 31.1 Å². The Morgan fingerprint density at radius 2 is 1.74 bits per heavy atom. The van der Waals surface area contributed by atoms with E-state index in [1.807, 2.05) is 36.4 Å². The normalized spacial score (nSPS) is 12.4. The van der Waals surface area contributed by atoms with Crippen molar-refractivity contribution in [3.8, 4) is 5.75 Å². The number of aromatic nitrogens is 2. The number of carbonyl (C=O) groups is 1. The first-order valence-corrected chi connectivity index (χ1v) is 11.4. The first-order valence-electron chi connectivity index (χ1n) is 11.4. The highest BCUT2D eigenvalue weighted by molar-refractivity contribution is 6.00. The lowest BCUT2D eigenvalue weighted by Crippen LogP contribution is -3.00. The Morgan fingerprint density at radius 3 is 2.62 bits per heavy atom. The van der Waals surface area contributed by atoms with E-state index in [1.54, 1.807) is 0 Å². The van der Waals surface area contributed by atoms with E-state index in [4.69, 9.17) is 4.74 Å². The molecule has 4 nitrogen and oxygen atoms in total. The van der Waals surface area contributed by atoms with Crippen LogP contribution in [0, 0.1) is 6.92 Å². The predicted octanol–water partition coefficient (Wildman–Crippen LogP) is 2.26. The molecule has 1 aliphatic rings. The predicted molar refractivity (Wildman–Crippen MR) is 130 cm³/mol. The van der Waals surface area contributed by atoms with Gasteiger partial charge in [-0.1, -0.05) is 54.6 Å². The van der Waals surface area contributed by atoms with Gasteiger partial charge >= 0.3 is 0 Å². The number of carbonyl (C=O) groups excluding carboxylic acids is 1. The molecule has 0 atom stereocenters. The molecule has 0 N–H and O–H groups in total. The average Bonchev–Trinajstić information content (AvgIpc) is 3.42. The molecule has 5 aromatic rings. The topological polar surface area (TPSA) is 35.1 Å². The molecule has 34 heavy (non-hydrogen) atoms. The lowest BCUT2D eigenvalue weighted by Gasteiger charge is -2.05. The fourth-order valence-electron chi connectivity index (χ4n) is 4.93. The second-order valence-electron chi connectivity index (χ2n) is 8.73. The van der Waals surface area contributed by atoms with Crippen LogP contribution in [0.2, 0.25) is 0 Å². The van der Waals surface area contributed by atoms with Crippen molar-refractivity contribution in [2.45, 2.75) is 26.4 Å². The Kier molecular flexibility index (Phi) is 5.96. The second-order valence-corrected chi connectivity index (χ2v) is 8.73. The summed E-state index contributed by atoms with van der Waals surface area (Å²) in [5, 5.41) is 2.24. The number of ether oxygens (including phenoxy) is 1. The van der Waals surface area contributed by atoms with Crippen molar-refractivity contribution in [2.75, 3.05) is 6.61 Å². The van der Waals surface area contributed by atoms with Crippen LogP contribution >= 0.6 is 0 Å². The Hall–Kier alpha value is -3.44. The maximum Gasteiger partial charge on any atom is 0.254 e. The number of benzene rings is 4. The minimum atomic E-state index is 0. The van der Waals surface area contributed by atoms with Crippen molar-refractivity contribution in [1.29, 1.82) is 0 Å². The zero-order valence-corrected chi connectivity index (χ0v) is 20.6. The van der Waals surface area contributed by atoms with Crippen LogP contribution in [0.1, 0.15) is 27.3 Å². The van der Waals surface area contributed by atoms with Gasteiger partial charge in [0.05, 0.1) is 6.61 Å². The van der Waals surface area contributed by atoms with Crippen molar-refractivity contribution in [2.24, 2.45) is 0 Å². The molecule has 170 valence electrons. The Bertz CT molecular complexity index is 1540. The van der Waals surface area contributed by atoms with Crippen molar-refractivity contribution >= 4 is 27.6 Å². The number of rotatable bonds is 5. The zero-order valence-electron chi connectivity index (χ0n) is 19.0. The van der Waals surface area contributed by atoms with Gasteiger partial charge in [-0.2, -0.15) is 0 Å². The largest absolute Gasteiger partial charge is 1.00 e. The number of Topliss-reactive ketones (excluding diaryl/α,β-unsaturated/α-hetero) is 1. The van der Waals surface area contributed by atoms with Gasteiger partial charge in [-0.3, -0.25) is 4.79 Å². The van der Waals surface area contributed by atoms with E-state index in [-0.39, 0.29) is 22.8 Å². The summed E-state index contributed by atoms with van der Waals surface area (Å²) in [6.45, 7) is 3.94. The Balaban J connectivity index is 0.00000241. The molecule has 0 spiro atoms. The maximum atomic E-state index is 13.3. The van der Waals surface area contributed by atoms with Crippen LogP contribution in [-0.2, 0) is 19.5 Å². The summed E-state index contributed by atoms with van der Waals surface area (Å²) < 4.78 is 10.1. The zero-order chi connectivity index (χ0) is 22.4. The first-order chi connectivity index (χ1) is 16.2. The number of ketones is 1. The number of imidazole rings is 1. The third-order valence-corrected chi connectivity index (χ3v) is 6.71. The van der Waals surface area contributed by atoms with Gasteiger partial charge in [0.1, 0.15) is 12.3 Å². The molecule has 1 aliphatic heterocycles. The van der Waals surface area contributed by atoms with Crippen LogP contribution in [0.5, 0.6) is 5.75 Å². The highest BCUT2D eigenvalue weighted by Gasteiger charge is 2.24. The third kappa shape index (κ3) is 3.90. The molecule has 0 amide bonds. The molecule has 0 saturated heterocycles. The van der Waals surface area contributed by atoms with E-state index in [1.165, 1.54) is 11.1 Å². The second kappa shape index (κ2) is 9.07. The van der Waals surface area contributed by atoms with E-state index in [2.05, 4.69) is 64.6 Å². The molecule has 6 rings (SSSR count). The van der Waals surface area contributed by atoms with E-state index in [9.17, 15) is 4.79 Å². The monoisotopic (exact) mass is 512 g/mol. The number of hydrogen-bond donors (Lipinski definition) is 0. The standard InChI is InChI=1S/C29H25N2O2.BrH/c1-20-30(18-21-10-13-29-25(16-21)14-15-33-29)26-8-4-5-9-27(26)31(20)19-28(32)24-12-11-22-6-2-3-7-23(22)17-24;/h2-13,16-17H,14-15,18-19H2,1H3;1H/q+1;/p-1. The van der Waals surface area contributed by atoms with E-state index in [0.717, 1.165) is 58.5 Å². The molecular weight excluding hydrogens is 488 g/mol. The fraction of sp³-hybridized carbons (Fsp3) is 0.172. The van der Waals surface area contributed by atoms with Gasteiger partial charge in [-0.15, -0.1) is 0 Å². The van der Waals surface area contributed by atoms with Crippen LogP contribution in [0.25, 0.3) is 21.8 Å². The molecule has 0 aliphatic carbocycles. The van der Waals surface area contributed by atoms with Crippen LogP contribution < -0.4 is 26.3 Å². The number of fused-ring (bicyclic) bond motifs is 3. The Morgan fingerprint density at radius 1 is 0.941 bits per heavy atom. The van der Waals surface area contributed by atoms with Crippen LogP contribution in [-0.4, -0.2) is 17.0 Å². The highest BCUT2D eigenvalue weighted by atomic mass is 79.9. The molecular formula is C29H25BrN2O2. The minimum absolute atomic E-state index is 0. The molecule has 1 aromatic heterocycles. The molecule has 0 fully saturated rings. The molecule has 0 saturated carbocycles. The van der Waals surface area contributed by atoms with Gasteiger partial charge in [0, 0.05) is 18.9 Å². The molecule has 5 heteroatoms. The lowest BCUT2D eigenvalue weighted by molar-refractivity contribution is -0.669. The average molecular weight is 513 g/mol. The summed E-state index contributed by atoms with van der Waals surface area (Å²) in [4.78, 5) is 13.3. The van der Waals surface area contributed by atoms with Crippen LogP contribution in [0.4, 0.5) is 0 Å². The SMILES string of the molecule is Cc1n(CC(=O)c2ccc3ccccc3c2)c2ccccc2[n+]1Cc1ccc2c(c1)CCO2.[Br-]. The first kappa shape index (κ1) is 22.4. The smallest absolute Gasteiger partial charge is 0.254 e. The van der Waals surface area contributed by atoms with Gasteiger partial charge in [0.25, 0.3) is 5.82 Å². The van der Waals surface area contributed by atoms with Crippen molar-refractivity contribution in [3.63, 3.8) is 0 Å². The summed E-state index contributed by atoms with van der Waals surface area (Å²) in [7, 11) is 0. The van der Waals surface area contributed by atoms with Crippen molar-refractivity contribution in [3.05, 3.63) is 107 Å². The summed E-state index contributed by atoms with van der Waals surface area (Å²) in [6.07, 6.45) is 0.967. The van der Waals surface area contributed by atoms with Crippen LogP contribution in [0.15, 0.2) is 84.9 Å². The Labute approximate surface area is 209 Å². The number of para-hydroxylation sites is 2. The van der Waals surface area contributed by atoms with Crippen LogP contribution in [0.3, 0.4) is 0 Å². The van der Waals surface area contributed by atoms with Gasteiger partial charge in [0.15, 0.2) is 17.6 Å². The van der Waals surface area contributed by atoms with Gasteiger partial charge in [0.2, 0.25) is 5.78 Å². The summed E-state index contributed by atoms with van der Waals surface area (Å²) in [6, 6.07) is 28.9. The summed E-state index contributed by atoms with van der Waals surface area (Å²) in [5.74, 6) is 2.19. The fourth-order valence-corrected chi connectivity index (χ4v) is 4.93. The van der Waals surface area contributed by atoms with Gasteiger partial charge < -0.3 is 21.7 Å². The number of hydrogen-bond acceptors (Lipinski definition) is 2. The quantitative estimate of drug-likeness (QED) is 0.267. The minimum Gasteiger partial charge on any atom is -1.00 e. The molecule has 0 unspecified atom stereocenters.